The Kier molecular flexibility index (Phi) is 9.36. The molecule has 200 valence electrons. The lowest BCUT2D eigenvalue weighted by Gasteiger charge is -2.24. The fraction of sp³-hybridized carbons (Fsp3) is 0.242. The van der Waals surface area contributed by atoms with Crippen LogP contribution in [0.3, 0.4) is 0 Å². The second-order valence-corrected chi connectivity index (χ2v) is 9.15. The summed E-state index contributed by atoms with van der Waals surface area (Å²) < 4.78 is 24.1. The summed E-state index contributed by atoms with van der Waals surface area (Å²) in [5, 5.41) is 8.86. The van der Waals surface area contributed by atoms with E-state index >= 15 is 0 Å². The van der Waals surface area contributed by atoms with Gasteiger partial charge in [0.25, 0.3) is 5.91 Å². The molecule has 3 aromatic carbocycles. The molecule has 1 heterocycles. The molecule has 4 rings (SSSR count). The van der Waals surface area contributed by atoms with Crippen molar-refractivity contribution in [3.8, 4) is 16.9 Å². The highest BCUT2D eigenvalue weighted by Crippen LogP contribution is 2.24. The number of rotatable bonds is 14. The number of ketones is 1. The van der Waals surface area contributed by atoms with E-state index in [-0.39, 0.29) is 12.3 Å². The number of hydrogen-bond donors (Lipinski definition) is 1. The van der Waals surface area contributed by atoms with Gasteiger partial charge in [-0.1, -0.05) is 60.7 Å². The first kappa shape index (κ1) is 25.0. The van der Waals surface area contributed by atoms with E-state index in [0.29, 0.717) is 41.9 Å². The Morgan fingerprint density at radius 2 is 1.51 bits per heavy atom. The van der Waals surface area contributed by atoms with Crippen LogP contribution in [-0.2, 0) is 17.8 Å². The molecule has 6 heteroatoms. The quantitative estimate of drug-likeness (QED) is 0.202. The fourth-order valence-corrected chi connectivity index (χ4v) is 4.14. The first-order chi connectivity index (χ1) is 19.9. The van der Waals surface area contributed by atoms with Crippen LogP contribution in [0.1, 0.15) is 49.9 Å². The topological polar surface area (TPSA) is 79.7 Å². The fourth-order valence-electron chi connectivity index (χ4n) is 4.14. The summed E-state index contributed by atoms with van der Waals surface area (Å²) in [5.41, 5.74) is 3.34. The second-order valence-electron chi connectivity index (χ2n) is 9.15. The zero-order chi connectivity index (χ0) is 29.1. The summed E-state index contributed by atoms with van der Waals surface area (Å²) in [5.74, 6) is -0.0298. The Morgan fingerprint density at radius 1 is 0.821 bits per heavy atom. The zero-order valence-electron chi connectivity index (χ0n) is 23.8. The molecule has 0 saturated carbocycles. The molecule has 0 aliphatic carbocycles. The van der Waals surface area contributed by atoms with Gasteiger partial charge in [-0.05, 0) is 66.3 Å². The number of pyridine rings is 1. The van der Waals surface area contributed by atoms with Crippen molar-refractivity contribution >= 4 is 11.7 Å². The van der Waals surface area contributed by atoms with Crippen molar-refractivity contribution in [2.24, 2.45) is 0 Å². The molecule has 1 aromatic heterocycles. The van der Waals surface area contributed by atoms with Crippen LogP contribution in [-0.4, -0.2) is 39.9 Å². The Balaban J connectivity index is 1.55. The molecular formula is C33H34N2O4. The van der Waals surface area contributed by atoms with Gasteiger partial charge in [0.2, 0.25) is 0 Å². The van der Waals surface area contributed by atoms with Gasteiger partial charge >= 0.3 is 0 Å². The van der Waals surface area contributed by atoms with E-state index in [2.05, 4.69) is 4.98 Å². The molecule has 39 heavy (non-hydrogen) atoms. The molecule has 0 aliphatic heterocycles. The van der Waals surface area contributed by atoms with Gasteiger partial charge in [-0.3, -0.25) is 14.6 Å². The number of carbonyl (C=O) groups excluding carboxylic acids is 2. The number of carbonyl (C=O) groups is 2. The van der Waals surface area contributed by atoms with Crippen molar-refractivity contribution in [1.82, 2.24) is 9.88 Å². The maximum Gasteiger partial charge on any atom is 0.254 e. The Hall–Kier alpha value is -4.29. The van der Waals surface area contributed by atoms with E-state index < -0.39 is 19.0 Å². The normalized spacial score (nSPS) is 11.8. The maximum atomic E-state index is 13.9. The van der Waals surface area contributed by atoms with E-state index in [1.54, 1.807) is 48.8 Å². The number of unbranched alkanes of at least 4 members (excludes halogenated alkanes) is 2. The monoisotopic (exact) mass is 524 g/mol. The van der Waals surface area contributed by atoms with E-state index in [9.17, 15) is 9.59 Å². The van der Waals surface area contributed by atoms with Crippen LogP contribution in [0, 0.1) is 0 Å². The maximum absolute atomic E-state index is 13.9. The van der Waals surface area contributed by atoms with Crippen LogP contribution >= 0.6 is 0 Å². The first-order valence-electron chi connectivity index (χ1n) is 14.1. The highest BCUT2D eigenvalue weighted by molar-refractivity contribution is 5.94. The Bertz CT molecular complexity index is 1410. The van der Waals surface area contributed by atoms with Crippen LogP contribution in [0.5, 0.6) is 5.75 Å². The van der Waals surface area contributed by atoms with Crippen molar-refractivity contribution in [3.05, 3.63) is 120 Å². The lowest BCUT2D eigenvalue weighted by atomic mass is 10.0. The van der Waals surface area contributed by atoms with Crippen molar-refractivity contribution in [2.75, 3.05) is 13.2 Å². The number of Topliss-reactive ketones (excluding diaryl/α,β-unsaturated/α-hetero) is 1. The van der Waals surface area contributed by atoms with Crippen LogP contribution in [0.4, 0.5) is 0 Å². The molecule has 0 unspecified atom stereocenters. The minimum absolute atomic E-state index is 0.00594. The molecule has 6 nitrogen and oxygen atoms in total. The van der Waals surface area contributed by atoms with Crippen molar-refractivity contribution in [3.63, 3.8) is 0 Å². The van der Waals surface area contributed by atoms with Crippen molar-refractivity contribution in [2.45, 2.75) is 38.7 Å². The molecule has 0 spiro atoms. The molecular weight excluding hydrogens is 488 g/mol. The minimum Gasteiger partial charge on any atom is -0.493 e. The summed E-state index contributed by atoms with van der Waals surface area (Å²) in [6.45, 7) is -2.12. The molecule has 4 aromatic rings. The summed E-state index contributed by atoms with van der Waals surface area (Å²) >= 11 is 0. The number of ether oxygens (including phenoxy) is 1. The number of aliphatic hydroxyl groups excluding tert-OH is 1. The Labute approximate surface area is 232 Å². The van der Waals surface area contributed by atoms with Crippen LogP contribution in [0.2, 0.25) is 0 Å². The average Bonchev–Trinajstić information content (AvgIpc) is 3.02. The van der Waals surface area contributed by atoms with Gasteiger partial charge in [0.05, 0.1) is 9.35 Å². The SMILES string of the molecule is [2H]C([2H])(c1ccccc1)N(Cc1ccccc1OCCCCCC(=O)CO)C(=O)c1ccc(-c2ccncc2)cc1. The third-order valence-electron chi connectivity index (χ3n) is 6.26. The summed E-state index contributed by atoms with van der Waals surface area (Å²) in [7, 11) is 0. The number of hydrogen-bond acceptors (Lipinski definition) is 5. The molecule has 0 atom stereocenters. The predicted octanol–water partition coefficient (Wildman–Crippen LogP) is 6.09. The van der Waals surface area contributed by atoms with Gasteiger partial charge in [-0.2, -0.15) is 0 Å². The number of benzene rings is 3. The molecule has 0 bridgehead atoms. The molecule has 0 radical (unpaired) electrons. The van der Waals surface area contributed by atoms with Crippen LogP contribution in [0.25, 0.3) is 11.1 Å². The van der Waals surface area contributed by atoms with Gasteiger partial charge in [0, 0.05) is 43.0 Å². The standard InChI is InChI=1S/C33H34N2O4/c36-25-31(37)12-5-2-8-22-39-32-13-7-6-11-30(32)24-35(23-26-9-3-1-4-10-26)33(38)29-16-14-27(15-17-29)28-18-20-34-21-19-28/h1,3-4,6-7,9-11,13-21,36H,2,5,8,12,22-25H2/i23D2. The minimum atomic E-state index is -2.10. The van der Waals surface area contributed by atoms with Gasteiger partial charge < -0.3 is 14.7 Å². The summed E-state index contributed by atoms with van der Waals surface area (Å²) in [4.78, 5) is 30.5. The molecule has 0 saturated heterocycles. The molecule has 1 N–H and O–H groups in total. The summed E-state index contributed by atoms with van der Waals surface area (Å²) in [6.07, 6.45) is 5.96. The van der Waals surface area contributed by atoms with E-state index in [1.165, 1.54) is 4.90 Å². The largest absolute Gasteiger partial charge is 0.493 e. The van der Waals surface area contributed by atoms with E-state index in [4.69, 9.17) is 12.6 Å². The van der Waals surface area contributed by atoms with Crippen molar-refractivity contribution < 1.29 is 22.2 Å². The lowest BCUT2D eigenvalue weighted by Crippen LogP contribution is -2.30. The third kappa shape index (κ3) is 8.35. The van der Waals surface area contributed by atoms with Gasteiger partial charge in [0.15, 0.2) is 5.78 Å². The lowest BCUT2D eigenvalue weighted by molar-refractivity contribution is -0.121. The predicted molar refractivity (Wildman–Crippen MR) is 152 cm³/mol. The Morgan fingerprint density at radius 3 is 2.26 bits per heavy atom. The van der Waals surface area contributed by atoms with Gasteiger partial charge in [-0.15, -0.1) is 0 Å². The van der Waals surface area contributed by atoms with Crippen LogP contribution < -0.4 is 4.74 Å². The van der Waals surface area contributed by atoms with Gasteiger partial charge in [0.1, 0.15) is 12.4 Å². The highest BCUT2D eigenvalue weighted by Gasteiger charge is 2.19. The van der Waals surface area contributed by atoms with Crippen molar-refractivity contribution in [1.29, 1.82) is 0 Å². The molecule has 0 aliphatic rings. The number of para-hydroxylation sites is 1. The van der Waals surface area contributed by atoms with E-state index in [0.717, 1.165) is 24.0 Å². The summed E-state index contributed by atoms with van der Waals surface area (Å²) in [6, 6.07) is 26.9. The zero-order valence-corrected chi connectivity index (χ0v) is 21.8. The number of nitrogens with zero attached hydrogens (tertiary/aromatic N) is 2. The average molecular weight is 525 g/mol. The second kappa shape index (κ2) is 14.6. The first-order valence-corrected chi connectivity index (χ1v) is 13.1. The number of amides is 1. The number of aliphatic hydroxyl groups is 1. The highest BCUT2D eigenvalue weighted by atomic mass is 16.5. The van der Waals surface area contributed by atoms with Gasteiger partial charge in [-0.25, -0.2) is 0 Å². The molecule has 1 amide bonds. The van der Waals surface area contributed by atoms with E-state index in [1.807, 2.05) is 54.6 Å². The smallest absolute Gasteiger partial charge is 0.254 e. The molecule has 0 fully saturated rings. The van der Waals surface area contributed by atoms with Crippen LogP contribution in [0.15, 0.2) is 103 Å². The number of aromatic nitrogens is 1. The third-order valence-corrected chi connectivity index (χ3v) is 6.26.